The van der Waals surface area contributed by atoms with Crippen LogP contribution >= 0.6 is 0 Å². The van der Waals surface area contributed by atoms with Crippen LogP contribution < -0.4 is 14.2 Å². The molecule has 4 heterocycles. The van der Waals surface area contributed by atoms with Gasteiger partial charge in [0.05, 0.1) is 84.4 Å². The molecule has 0 radical (unpaired) electrons. The number of carbonyl (C=O) groups excluding carboxylic acids is 12. The van der Waals surface area contributed by atoms with Crippen LogP contribution in [0.4, 0.5) is 19.2 Å². The molecule has 4 aliphatic heterocycles. The summed E-state index contributed by atoms with van der Waals surface area (Å²) in [5.74, 6) is -1.85. The van der Waals surface area contributed by atoms with E-state index in [9.17, 15) is 57.5 Å². The Hall–Kier alpha value is -9.44. The van der Waals surface area contributed by atoms with E-state index < -0.39 is 71.4 Å². The summed E-state index contributed by atoms with van der Waals surface area (Å²) >= 11 is 0. The number of nitrogens with zero attached hydrogens (tertiary/aromatic N) is 8. The molecule has 27 heteroatoms. The van der Waals surface area contributed by atoms with E-state index in [1.165, 1.54) is 10.5 Å². The van der Waals surface area contributed by atoms with E-state index in [0.717, 1.165) is 52.7 Å². The molecule has 0 aliphatic carbocycles. The van der Waals surface area contributed by atoms with Crippen LogP contribution in [0.3, 0.4) is 0 Å². The Morgan fingerprint density at radius 2 is 0.586 bits per heavy atom. The molecule has 99 heavy (non-hydrogen) atoms. The Morgan fingerprint density at radius 3 is 0.838 bits per heavy atom. The van der Waals surface area contributed by atoms with Crippen molar-refractivity contribution in [3.63, 3.8) is 0 Å². The van der Waals surface area contributed by atoms with Gasteiger partial charge in [0.15, 0.2) is 0 Å². The molecule has 8 rings (SSSR count). The molecule has 4 fully saturated rings. The van der Waals surface area contributed by atoms with Crippen molar-refractivity contribution in [2.24, 2.45) is 0 Å². The molecule has 2 atom stereocenters. The third-order valence-corrected chi connectivity index (χ3v) is 15.8. The van der Waals surface area contributed by atoms with Crippen molar-refractivity contribution < 1.29 is 90.7 Å². The average Bonchev–Trinajstić information content (AvgIpc) is 0.964. The molecule has 4 aromatic rings. The van der Waals surface area contributed by atoms with Gasteiger partial charge in [-0.15, -0.1) is 0 Å². The zero-order chi connectivity index (χ0) is 72.4. The van der Waals surface area contributed by atoms with Gasteiger partial charge in [-0.25, -0.2) is 19.2 Å². The lowest BCUT2D eigenvalue weighted by molar-refractivity contribution is -0.145. The number of para-hydroxylation sites is 3. The van der Waals surface area contributed by atoms with Crippen LogP contribution in [0.25, 0.3) is 0 Å². The molecule has 4 saturated heterocycles. The van der Waals surface area contributed by atoms with E-state index in [4.69, 9.17) is 33.2 Å². The van der Waals surface area contributed by atoms with Gasteiger partial charge in [-0.05, 0) is 99.9 Å². The van der Waals surface area contributed by atoms with E-state index in [2.05, 4.69) is 32.9 Å². The van der Waals surface area contributed by atoms with E-state index in [0.29, 0.717) is 36.9 Å². The number of carbonyl (C=O) groups is 12. The summed E-state index contributed by atoms with van der Waals surface area (Å²) in [6, 6.07) is 33.2. The second-order valence-electron chi connectivity index (χ2n) is 24.0. The topological polar surface area (TPSA) is 295 Å². The van der Waals surface area contributed by atoms with Gasteiger partial charge in [0.1, 0.15) is 62.8 Å². The monoisotopic (exact) mass is 1380 g/mol. The number of barbiturate groups is 4. The van der Waals surface area contributed by atoms with E-state index in [1.807, 2.05) is 108 Å². The van der Waals surface area contributed by atoms with Crippen LogP contribution in [-0.4, -0.2) is 235 Å². The number of benzene rings is 4. The van der Waals surface area contributed by atoms with Crippen LogP contribution in [0.1, 0.15) is 112 Å². The Morgan fingerprint density at radius 1 is 0.333 bits per heavy atom. The zero-order valence-corrected chi connectivity index (χ0v) is 58.4. The number of amides is 16. The summed E-state index contributed by atoms with van der Waals surface area (Å²) in [7, 11) is 0. The van der Waals surface area contributed by atoms with Crippen molar-refractivity contribution in [1.82, 2.24) is 39.2 Å². The first kappa shape index (κ1) is 80.2. The zero-order valence-electron chi connectivity index (χ0n) is 58.4. The predicted octanol–water partition coefficient (Wildman–Crippen LogP) is 8.15. The highest BCUT2D eigenvalue weighted by Crippen LogP contribution is 2.24. The molecule has 4 aromatic carbocycles. The Labute approximate surface area is 579 Å². The number of ether oxygens (including phenoxy) is 7. The molecule has 4 aliphatic rings. The maximum atomic E-state index is 12.8. The lowest BCUT2D eigenvalue weighted by Crippen LogP contribution is -2.56. The summed E-state index contributed by atoms with van der Waals surface area (Å²) in [5.41, 5.74) is 2.34. The average molecular weight is 1380 g/mol. The third kappa shape index (κ3) is 26.1. The maximum Gasteiger partial charge on any atom is 0.333 e. The summed E-state index contributed by atoms with van der Waals surface area (Å²) in [6.07, 6.45) is 1.24. The first-order valence-electron chi connectivity index (χ1n) is 33.5. The van der Waals surface area contributed by atoms with Gasteiger partial charge in [0.25, 0.3) is 0 Å². The Bertz CT molecular complexity index is 3170. The molecular weight excluding hydrogens is 1280 g/mol. The van der Waals surface area contributed by atoms with Gasteiger partial charge >= 0.3 is 24.1 Å². The fourth-order valence-corrected chi connectivity index (χ4v) is 9.73. The largest absolute Gasteiger partial charge is 0.492 e. The summed E-state index contributed by atoms with van der Waals surface area (Å²) in [4.78, 5) is 154. The highest BCUT2D eigenvalue weighted by molar-refractivity contribution is 6.16. The first-order chi connectivity index (χ1) is 47.4. The second kappa shape index (κ2) is 41.7. The molecular formula is C72H96N8O19. The van der Waals surface area contributed by atoms with Gasteiger partial charge in [0, 0.05) is 19.8 Å². The van der Waals surface area contributed by atoms with Crippen molar-refractivity contribution in [2.75, 3.05) is 112 Å². The van der Waals surface area contributed by atoms with Crippen LogP contribution in [-0.2, 0) is 69.1 Å². The minimum atomic E-state index is -0.635. The van der Waals surface area contributed by atoms with Crippen molar-refractivity contribution in [3.8, 4) is 17.2 Å². The van der Waals surface area contributed by atoms with E-state index in [-0.39, 0.29) is 142 Å². The van der Waals surface area contributed by atoms with Crippen molar-refractivity contribution in [1.29, 1.82) is 0 Å². The third-order valence-electron chi connectivity index (χ3n) is 15.8. The summed E-state index contributed by atoms with van der Waals surface area (Å²) in [6.45, 7) is 21.8. The number of hydrogen-bond donors (Lipinski definition) is 0. The van der Waals surface area contributed by atoms with Crippen molar-refractivity contribution >= 4 is 71.4 Å². The van der Waals surface area contributed by atoms with E-state index >= 15 is 0 Å². The van der Waals surface area contributed by atoms with Crippen molar-refractivity contribution in [3.05, 3.63) is 126 Å². The number of rotatable bonds is 33. The minimum absolute atomic E-state index is 0.0695. The molecule has 16 amide bonds. The predicted molar refractivity (Wildman–Crippen MR) is 363 cm³/mol. The van der Waals surface area contributed by atoms with Crippen molar-refractivity contribution in [2.45, 2.75) is 125 Å². The quantitative estimate of drug-likeness (QED) is 0.0321. The first-order valence-corrected chi connectivity index (χ1v) is 33.5. The Balaban J connectivity index is 0.000000241. The smallest absolute Gasteiger partial charge is 0.333 e. The van der Waals surface area contributed by atoms with Gasteiger partial charge in [-0.3, -0.25) is 77.6 Å². The maximum absolute atomic E-state index is 12.8. The second-order valence-corrected chi connectivity index (χ2v) is 24.0. The molecule has 538 valence electrons. The number of hydrogen-bond acceptors (Lipinski definition) is 19. The molecule has 0 aromatic heterocycles. The molecule has 2 unspecified atom stereocenters. The van der Waals surface area contributed by atoms with Gasteiger partial charge in [-0.1, -0.05) is 113 Å². The lowest BCUT2D eigenvalue weighted by Gasteiger charge is -2.32. The SMILES string of the molecule is CC(C)(C)c1ccc(CCN2C(=O)CC(=O)N(CCOc3ccccc3)C2=O)cc1.CCC(C)OCCN1C(=O)CC(=O)N(CCOC(C)CC)C1=O.CCOCCN1C(=O)CC(=O)N(CCOCC)C1=O.O=C1CC(=O)N(CCOc2ccccc2)C(=O)N1CCOc1ccccc1. The van der Waals surface area contributed by atoms with Crippen LogP contribution in [0.15, 0.2) is 115 Å². The fraction of sp³-hybridized carbons (Fsp3) is 0.500. The van der Waals surface area contributed by atoms with Crippen LogP contribution in [0.2, 0.25) is 0 Å². The summed E-state index contributed by atoms with van der Waals surface area (Å²) < 4.78 is 37.9. The molecule has 0 spiro atoms. The minimum Gasteiger partial charge on any atom is -0.492 e. The lowest BCUT2D eigenvalue weighted by atomic mass is 9.86. The molecule has 0 bridgehead atoms. The van der Waals surface area contributed by atoms with E-state index in [1.54, 1.807) is 36.4 Å². The standard InChI is InChI=1S/C24H28N2O4.C20H20N2O5.C16H28N2O5.C12H20N2O5/c1-24(2,3)19-11-9-18(10-12-19)13-14-25-21(27)17-22(28)26(23(25)29)15-16-30-20-7-5-4-6-8-20;23-18-15-19(24)22(12-14-27-17-9-5-2-6-10-17)20(25)21(18)11-13-26-16-7-3-1-4-8-16;1-5-12(3)22-9-7-17-14(19)11-15(20)18(16(17)21)8-10-23-13(4)6-2;1-3-18-7-5-13-10(15)9-11(16)14(12(13)17)6-8-19-4-2/h4-12H,13-17H2,1-3H3;1-10H,11-15H2;12-13H,5-11H2,1-4H3;3-9H2,1-2H3. The molecule has 27 nitrogen and oxygen atoms in total. The number of imide groups is 8. The van der Waals surface area contributed by atoms with Crippen LogP contribution in [0, 0.1) is 0 Å². The van der Waals surface area contributed by atoms with Gasteiger partial charge in [0.2, 0.25) is 47.3 Å². The fourth-order valence-electron chi connectivity index (χ4n) is 9.73. The van der Waals surface area contributed by atoms with Gasteiger partial charge in [-0.2, -0.15) is 0 Å². The molecule has 0 N–H and O–H groups in total. The highest BCUT2D eigenvalue weighted by atomic mass is 16.5. The number of urea groups is 4. The highest BCUT2D eigenvalue weighted by Gasteiger charge is 2.41. The Kier molecular flexibility index (Phi) is 33.8. The van der Waals surface area contributed by atoms with Gasteiger partial charge < -0.3 is 33.2 Å². The van der Waals surface area contributed by atoms with Crippen LogP contribution in [0.5, 0.6) is 17.2 Å². The summed E-state index contributed by atoms with van der Waals surface area (Å²) in [5, 5.41) is 0. The normalized spacial score (nSPS) is 15.9. The molecule has 0 saturated carbocycles.